The van der Waals surface area contributed by atoms with Gasteiger partial charge in [0.2, 0.25) is 5.89 Å². The monoisotopic (exact) mass is 252 g/mol. The van der Waals surface area contributed by atoms with Crippen LogP contribution < -0.4 is 5.32 Å². The van der Waals surface area contributed by atoms with E-state index in [1.807, 2.05) is 0 Å². The lowest BCUT2D eigenvalue weighted by Crippen LogP contribution is -2.62. The topological polar surface area (TPSA) is 54.2 Å². The zero-order chi connectivity index (χ0) is 13.0. The Morgan fingerprint density at radius 1 is 1.56 bits per heavy atom. The van der Waals surface area contributed by atoms with Gasteiger partial charge in [-0.3, -0.25) is 4.90 Å². The molecule has 0 bridgehead atoms. The summed E-state index contributed by atoms with van der Waals surface area (Å²) in [5, 5.41) is 7.33. The molecule has 2 rings (SSSR count). The summed E-state index contributed by atoms with van der Waals surface area (Å²) in [5.41, 5.74) is 0.237. The number of hydrogen-bond donors (Lipinski definition) is 1. The highest BCUT2D eigenvalue weighted by molar-refractivity contribution is 4.94. The van der Waals surface area contributed by atoms with Crippen LogP contribution in [0.15, 0.2) is 10.9 Å². The summed E-state index contributed by atoms with van der Waals surface area (Å²) >= 11 is 0. The third-order valence-corrected chi connectivity index (χ3v) is 4.10. The fourth-order valence-corrected chi connectivity index (χ4v) is 2.57. The molecule has 2 atom stereocenters. The average Bonchev–Trinajstić information content (AvgIpc) is 2.90. The van der Waals surface area contributed by atoms with Gasteiger partial charge in [-0.1, -0.05) is 19.0 Å². The first-order valence-corrected chi connectivity index (χ1v) is 6.91. The molecule has 2 heterocycles. The van der Waals surface area contributed by atoms with Crippen LogP contribution in [0.2, 0.25) is 0 Å². The molecule has 1 aliphatic heterocycles. The normalized spacial score (nSPS) is 29.6. The predicted molar refractivity (Wildman–Crippen MR) is 70.4 cm³/mol. The summed E-state index contributed by atoms with van der Waals surface area (Å²) in [6.07, 6.45) is 4.65. The van der Waals surface area contributed by atoms with E-state index in [1.54, 1.807) is 0 Å². The molecule has 2 unspecified atom stereocenters. The van der Waals surface area contributed by atoms with Crippen LogP contribution >= 0.6 is 0 Å². The molecule has 1 aliphatic rings. The molecule has 1 N–H and O–H groups in total. The molecule has 1 fully saturated rings. The van der Waals surface area contributed by atoms with Gasteiger partial charge in [-0.25, -0.2) is 0 Å². The van der Waals surface area contributed by atoms with Crippen molar-refractivity contribution in [2.24, 2.45) is 0 Å². The largest absolute Gasteiger partial charge is 0.340 e. The van der Waals surface area contributed by atoms with E-state index in [0.29, 0.717) is 6.04 Å². The number of hydrogen-bond acceptors (Lipinski definition) is 5. The number of piperazine rings is 1. The maximum atomic E-state index is 5.07. The molecule has 18 heavy (non-hydrogen) atoms. The second-order valence-electron chi connectivity index (χ2n) is 5.41. The van der Waals surface area contributed by atoms with Crippen molar-refractivity contribution < 1.29 is 4.52 Å². The third kappa shape index (κ3) is 3.09. The highest BCUT2D eigenvalue weighted by Gasteiger charge is 2.33. The first-order valence-electron chi connectivity index (χ1n) is 6.91. The maximum Gasteiger partial charge on any atom is 0.227 e. The second-order valence-corrected chi connectivity index (χ2v) is 5.41. The van der Waals surface area contributed by atoms with E-state index in [1.165, 1.54) is 12.7 Å². The Hall–Kier alpha value is -0.940. The molecule has 102 valence electrons. The van der Waals surface area contributed by atoms with Crippen molar-refractivity contribution in [3.05, 3.63) is 12.2 Å². The van der Waals surface area contributed by atoms with Gasteiger partial charge in [0.25, 0.3) is 0 Å². The van der Waals surface area contributed by atoms with Crippen molar-refractivity contribution in [1.82, 2.24) is 20.4 Å². The van der Waals surface area contributed by atoms with Gasteiger partial charge in [0, 0.05) is 37.6 Å². The van der Waals surface area contributed by atoms with Crippen LogP contribution in [0.4, 0.5) is 0 Å². The molecule has 1 aromatic rings. The van der Waals surface area contributed by atoms with E-state index < -0.39 is 0 Å². The van der Waals surface area contributed by atoms with E-state index in [2.05, 4.69) is 41.1 Å². The molecule has 0 spiro atoms. The van der Waals surface area contributed by atoms with Crippen LogP contribution in [-0.4, -0.2) is 46.3 Å². The van der Waals surface area contributed by atoms with Gasteiger partial charge < -0.3 is 9.84 Å². The van der Waals surface area contributed by atoms with Gasteiger partial charge >= 0.3 is 0 Å². The lowest BCUT2D eigenvalue weighted by molar-refractivity contribution is 0.0811. The maximum absolute atomic E-state index is 5.07. The van der Waals surface area contributed by atoms with Crippen LogP contribution in [0, 0.1) is 0 Å². The minimum atomic E-state index is 0.237. The molecule has 5 nitrogen and oxygen atoms in total. The second kappa shape index (κ2) is 5.80. The summed E-state index contributed by atoms with van der Waals surface area (Å²) in [6.45, 7) is 9.97. The average molecular weight is 252 g/mol. The smallest absolute Gasteiger partial charge is 0.227 e. The Bertz CT molecular complexity index is 354. The van der Waals surface area contributed by atoms with Crippen LogP contribution in [0.5, 0.6) is 0 Å². The summed E-state index contributed by atoms with van der Waals surface area (Å²) < 4.78 is 5.07. The highest BCUT2D eigenvalue weighted by atomic mass is 16.5. The third-order valence-electron chi connectivity index (χ3n) is 4.10. The summed E-state index contributed by atoms with van der Waals surface area (Å²) in [4.78, 5) is 6.65. The van der Waals surface area contributed by atoms with Gasteiger partial charge in [0.05, 0.1) is 0 Å². The molecular weight excluding hydrogens is 228 g/mol. The fraction of sp³-hybridized carbons (Fsp3) is 0.846. The van der Waals surface area contributed by atoms with Gasteiger partial charge in [-0.05, 0) is 19.8 Å². The highest BCUT2D eigenvalue weighted by Crippen LogP contribution is 2.20. The molecule has 0 radical (unpaired) electrons. The molecule has 0 aromatic carbocycles. The SMILES string of the molecule is CCC1CNC(C)(CC)CN1CCc1ncno1. The zero-order valence-electron chi connectivity index (χ0n) is 11.6. The minimum Gasteiger partial charge on any atom is -0.340 e. The molecular formula is C13H24N4O. The van der Waals surface area contributed by atoms with Crippen molar-refractivity contribution in [3.63, 3.8) is 0 Å². The summed E-state index contributed by atoms with van der Waals surface area (Å²) in [5.74, 6) is 0.738. The lowest BCUT2D eigenvalue weighted by atomic mass is 9.92. The van der Waals surface area contributed by atoms with Gasteiger partial charge in [-0.2, -0.15) is 4.98 Å². The van der Waals surface area contributed by atoms with Crippen molar-refractivity contribution in [3.8, 4) is 0 Å². The molecule has 0 aliphatic carbocycles. The van der Waals surface area contributed by atoms with E-state index in [-0.39, 0.29) is 5.54 Å². The van der Waals surface area contributed by atoms with Crippen LogP contribution in [0.25, 0.3) is 0 Å². The molecule has 0 amide bonds. The Balaban J connectivity index is 1.93. The van der Waals surface area contributed by atoms with E-state index in [9.17, 15) is 0 Å². The van der Waals surface area contributed by atoms with Gasteiger partial charge in [0.1, 0.15) is 0 Å². The molecule has 5 heteroatoms. The number of nitrogens with zero attached hydrogens (tertiary/aromatic N) is 3. The van der Waals surface area contributed by atoms with E-state index >= 15 is 0 Å². The lowest BCUT2D eigenvalue weighted by Gasteiger charge is -2.45. The Labute approximate surface area is 109 Å². The first kappa shape index (κ1) is 13.5. The summed E-state index contributed by atoms with van der Waals surface area (Å²) in [6, 6.07) is 0.618. The van der Waals surface area contributed by atoms with Crippen LogP contribution in [0.1, 0.15) is 39.5 Å². The Morgan fingerprint density at radius 2 is 2.39 bits per heavy atom. The van der Waals surface area contributed by atoms with E-state index in [4.69, 9.17) is 4.52 Å². The van der Waals surface area contributed by atoms with Crippen LogP contribution in [-0.2, 0) is 6.42 Å². The van der Waals surface area contributed by atoms with Crippen LogP contribution in [0.3, 0.4) is 0 Å². The van der Waals surface area contributed by atoms with Gasteiger partial charge in [0.15, 0.2) is 6.33 Å². The molecule has 1 saturated heterocycles. The summed E-state index contributed by atoms with van der Waals surface area (Å²) in [7, 11) is 0. The zero-order valence-corrected chi connectivity index (χ0v) is 11.6. The Morgan fingerprint density at radius 3 is 3.00 bits per heavy atom. The van der Waals surface area contributed by atoms with Crippen molar-refractivity contribution >= 4 is 0 Å². The predicted octanol–water partition coefficient (Wildman–Crippen LogP) is 1.46. The molecule has 0 saturated carbocycles. The molecule has 1 aromatic heterocycles. The number of nitrogens with one attached hydrogen (secondary N) is 1. The Kier molecular flexibility index (Phi) is 4.35. The van der Waals surface area contributed by atoms with Crippen molar-refractivity contribution in [2.45, 2.75) is 51.6 Å². The fourth-order valence-electron chi connectivity index (χ4n) is 2.57. The standard InChI is InChI=1S/C13H24N4O/c1-4-11-8-15-13(3,5-2)9-17(11)7-6-12-14-10-16-18-12/h10-11,15H,4-9H2,1-3H3. The quantitative estimate of drug-likeness (QED) is 0.860. The van der Waals surface area contributed by atoms with Crippen molar-refractivity contribution in [1.29, 1.82) is 0 Å². The number of rotatable bonds is 5. The minimum absolute atomic E-state index is 0.237. The first-order chi connectivity index (χ1) is 8.67. The number of aromatic nitrogens is 2. The van der Waals surface area contributed by atoms with Crippen molar-refractivity contribution in [2.75, 3.05) is 19.6 Å². The van der Waals surface area contributed by atoms with E-state index in [0.717, 1.165) is 38.4 Å². The van der Waals surface area contributed by atoms with Gasteiger partial charge in [-0.15, -0.1) is 0 Å².